The van der Waals surface area contributed by atoms with Gasteiger partial charge in [0.2, 0.25) is 0 Å². The van der Waals surface area contributed by atoms with Crippen molar-refractivity contribution in [1.29, 1.82) is 0 Å². The molecule has 0 aliphatic heterocycles. The van der Waals surface area contributed by atoms with E-state index in [1.54, 1.807) is 6.42 Å². The molecule has 0 bridgehead atoms. The quantitative estimate of drug-likeness (QED) is 0.258. The van der Waals surface area contributed by atoms with Crippen LogP contribution in [0.3, 0.4) is 0 Å². The largest absolute Gasteiger partial charge is 0.0654 e. The fourth-order valence-corrected chi connectivity index (χ4v) is 4.08. The van der Waals surface area contributed by atoms with Gasteiger partial charge in [-0.25, -0.2) is 0 Å². The molecule has 1 rings (SSSR count). The average molecular weight is 351 g/mol. The highest BCUT2D eigenvalue weighted by molar-refractivity contribution is 4.85. The molecule has 0 aromatic heterocycles. The predicted molar refractivity (Wildman–Crippen MR) is 115 cm³/mol. The highest BCUT2D eigenvalue weighted by Crippen LogP contribution is 2.46. The Labute approximate surface area is 160 Å². The van der Waals surface area contributed by atoms with Crippen molar-refractivity contribution in [2.75, 3.05) is 0 Å². The molecule has 0 aromatic rings. The number of hydrogen-bond donors (Lipinski definition) is 0. The molecule has 0 nitrogen and oxygen atoms in total. The van der Waals surface area contributed by atoms with E-state index in [-0.39, 0.29) is 0 Å². The average Bonchev–Trinajstić information content (AvgIpc) is 3.27. The predicted octanol–water partition coefficient (Wildman–Crippen LogP) is 9.18. The number of hydrogen-bond acceptors (Lipinski definition) is 0. The number of unbranched alkanes of at least 4 members (excludes halogenated alkanes) is 9. The summed E-state index contributed by atoms with van der Waals surface area (Å²) in [6, 6.07) is 0. The van der Waals surface area contributed by atoms with E-state index in [9.17, 15) is 0 Å². The molecule has 0 heteroatoms. The van der Waals surface area contributed by atoms with Crippen LogP contribution in [0.1, 0.15) is 138 Å². The summed E-state index contributed by atoms with van der Waals surface area (Å²) < 4.78 is 0. The summed E-state index contributed by atoms with van der Waals surface area (Å²) in [5, 5.41) is 0. The molecule has 2 unspecified atom stereocenters. The van der Waals surface area contributed by atoms with E-state index in [1.165, 1.54) is 89.9 Å². The molecule has 150 valence electrons. The van der Waals surface area contributed by atoms with Crippen molar-refractivity contribution in [3.63, 3.8) is 0 Å². The lowest BCUT2D eigenvalue weighted by Crippen LogP contribution is -2.29. The Balaban J connectivity index is 1.86. The third-order valence-corrected chi connectivity index (χ3v) is 7.40. The van der Waals surface area contributed by atoms with Gasteiger partial charge in [0.05, 0.1) is 0 Å². The molecule has 0 N–H and O–H groups in total. The lowest BCUT2D eigenvalue weighted by atomic mass is 9.67. The van der Waals surface area contributed by atoms with Gasteiger partial charge in [-0.15, -0.1) is 0 Å². The van der Waals surface area contributed by atoms with Crippen LogP contribution in [-0.2, 0) is 0 Å². The summed E-state index contributed by atoms with van der Waals surface area (Å²) in [6.45, 7) is 14.4. The Hall–Kier alpha value is 0. The second kappa shape index (κ2) is 11.7. The summed E-state index contributed by atoms with van der Waals surface area (Å²) >= 11 is 0. The van der Waals surface area contributed by atoms with Gasteiger partial charge in [0.1, 0.15) is 0 Å². The van der Waals surface area contributed by atoms with Gasteiger partial charge in [-0.2, -0.15) is 0 Å². The van der Waals surface area contributed by atoms with Gasteiger partial charge in [0.15, 0.2) is 0 Å². The van der Waals surface area contributed by atoms with E-state index in [0.717, 1.165) is 11.8 Å². The summed E-state index contributed by atoms with van der Waals surface area (Å²) in [5.74, 6) is 2.25. The zero-order chi connectivity index (χ0) is 18.8. The third-order valence-electron chi connectivity index (χ3n) is 7.40. The highest BCUT2D eigenvalue weighted by atomic mass is 14.4. The van der Waals surface area contributed by atoms with Gasteiger partial charge in [-0.3, -0.25) is 0 Å². The van der Waals surface area contributed by atoms with Crippen molar-refractivity contribution >= 4 is 0 Å². The zero-order valence-corrected chi connectivity index (χ0v) is 18.8. The molecule has 0 saturated heterocycles. The molecule has 0 radical (unpaired) electrons. The summed E-state index contributed by atoms with van der Waals surface area (Å²) in [5.41, 5.74) is 0.911. The van der Waals surface area contributed by atoms with Crippen molar-refractivity contribution in [3.8, 4) is 0 Å². The van der Waals surface area contributed by atoms with Gasteiger partial charge >= 0.3 is 0 Å². The smallest absolute Gasteiger partial charge is 0.0306 e. The van der Waals surface area contributed by atoms with Crippen molar-refractivity contribution in [2.45, 2.75) is 138 Å². The van der Waals surface area contributed by atoms with Gasteiger partial charge in [0, 0.05) is 0 Å². The molecule has 1 aliphatic carbocycles. The summed E-state index contributed by atoms with van der Waals surface area (Å²) in [6.07, 6.45) is 22.1. The SMILES string of the molecule is CCCCCCCC1CC1CCCCCCCCC(C)(C)C(C)(C)C. The zero-order valence-electron chi connectivity index (χ0n) is 18.8. The Morgan fingerprint density at radius 2 is 1.04 bits per heavy atom. The monoisotopic (exact) mass is 350 g/mol. The first-order valence-corrected chi connectivity index (χ1v) is 11.8. The minimum Gasteiger partial charge on any atom is -0.0654 e. The molecule has 0 spiro atoms. The van der Waals surface area contributed by atoms with Crippen LogP contribution in [0.15, 0.2) is 0 Å². The normalized spacial score (nSPS) is 20.9. The first-order chi connectivity index (χ1) is 11.8. The van der Waals surface area contributed by atoms with Gasteiger partial charge in [-0.05, 0) is 35.5 Å². The maximum Gasteiger partial charge on any atom is -0.0306 e. The van der Waals surface area contributed by atoms with Crippen molar-refractivity contribution in [2.24, 2.45) is 22.7 Å². The molecular formula is C25H50. The van der Waals surface area contributed by atoms with Crippen molar-refractivity contribution in [3.05, 3.63) is 0 Å². The lowest BCUT2D eigenvalue weighted by molar-refractivity contribution is 0.115. The van der Waals surface area contributed by atoms with Crippen molar-refractivity contribution in [1.82, 2.24) is 0 Å². The van der Waals surface area contributed by atoms with Crippen LogP contribution in [0.5, 0.6) is 0 Å². The highest BCUT2D eigenvalue weighted by Gasteiger charge is 2.35. The summed E-state index contributed by atoms with van der Waals surface area (Å²) in [4.78, 5) is 0. The van der Waals surface area contributed by atoms with Gasteiger partial charge in [0.25, 0.3) is 0 Å². The van der Waals surface area contributed by atoms with E-state index in [2.05, 4.69) is 41.5 Å². The Morgan fingerprint density at radius 3 is 1.52 bits per heavy atom. The lowest BCUT2D eigenvalue weighted by Gasteiger charge is -2.39. The fraction of sp³-hybridized carbons (Fsp3) is 1.00. The maximum atomic E-state index is 2.45. The standard InChI is InChI=1S/C25H50/c1-7-8-9-12-15-18-22-21-23(22)19-16-13-10-11-14-17-20-25(5,6)24(2,3)4/h22-23H,7-21H2,1-6H3. The van der Waals surface area contributed by atoms with E-state index in [4.69, 9.17) is 0 Å². The minimum atomic E-state index is 0.434. The van der Waals surface area contributed by atoms with Crippen LogP contribution in [0.25, 0.3) is 0 Å². The van der Waals surface area contributed by atoms with E-state index < -0.39 is 0 Å². The minimum absolute atomic E-state index is 0.434. The molecule has 2 atom stereocenters. The molecule has 0 heterocycles. The summed E-state index contributed by atoms with van der Waals surface area (Å²) in [7, 11) is 0. The topological polar surface area (TPSA) is 0 Å². The van der Waals surface area contributed by atoms with E-state index in [1.807, 2.05) is 0 Å². The van der Waals surface area contributed by atoms with Crippen LogP contribution in [0.4, 0.5) is 0 Å². The molecule has 1 saturated carbocycles. The molecule has 0 aromatic carbocycles. The van der Waals surface area contributed by atoms with Crippen LogP contribution >= 0.6 is 0 Å². The first kappa shape index (κ1) is 23.0. The van der Waals surface area contributed by atoms with E-state index >= 15 is 0 Å². The molecule has 0 amide bonds. The first-order valence-electron chi connectivity index (χ1n) is 11.8. The Kier molecular flexibility index (Phi) is 10.7. The fourth-order valence-electron chi connectivity index (χ4n) is 4.08. The Morgan fingerprint density at radius 1 is 0.600 bits per heavy atom. The third kappa shape index (κ3) is 10.0. The second-order valence-electron chi connectivity index (χ2n) is 10.8. The van der Waals surface area contributed by atoms with Gasteiger partial charge in [-0.1, -0.05) is 125 Å². The van der Waals surface area contributed by atoms with Crippen LogP contribution < -0.4 is 0 Å². The van der Waals surface area contributed by atoms with Crippen LogP contribution in [-0.4, -0.2) is 0 Å². The second-order valence-corrected chi connectivity index (χ2v) is 10.8. The maximum absolute atomic E-state index is 2.45. The Bertz CT molecular complexity index is 319. The van der Waals surface area contributed by atoms with Crippen LogP contribution in [0, 0.1) is 22.7 Å². The van der Waals surface area contributed by atoms with E-state index in [0.29, 0.717) is 10.8 Å². The van der Waals surface area contributed by atoms with Gasteiger partial charge < -0.3 is 0 Å². The van der Waals surface area contributed by atoms with Crippen molar-refractivity contribution < 1.29 is 0 Å². The molecular weight excluding hydrogens is 300 g/mol. The molecule has 1 fully saturated rings. The molecule has 25 heavy (non-hydrogen) atoms. The van der Waals surface area contributed by atoms with Crippen LogP contribution in [0.2, 0.25) is 0 Å². The molecule has 1 aliphatic rings. The number of rotatable bonds is 15.